The Labute approximate surface area is 446 Å². The van der Waals surface area contributed by atoms with E-state index in [1.807, 2.05) is 6.08 Å². The monoisotopic (exact) mass is 1030 g/mol. The molecule has 1 aliphatic heterocycles. The van der Waals surface area contributed by atoms with Gasteiger partial charge in [-0.05, 0) is 83.5 Å². The topological polar surface area (TPSA) is 175 Å². The predicted molar refractivity (Wildman–Crippen MR) is 301 cm³/mol. The van der Waals surface area contributed by atoms with Crippen LogP contribution in [0.3, 0.4) is 0 Å². The van der Waals surface area contributed by atoms with Crippen LogP contribution in [0.4, 0.5) is 0 Å². The van der Waals surface area contributed by atoms with Crippen LogP contribution in [-0.4, -0.2) is 100 Å². The van der Waals surface area contributed by atoms with Crippen molar-refractivity contribution in [2.24, 2.45) is 0 Å². The van der Waals surface area contributed by atoms with Gasteiger partial charge in [0.2, 0.25) is 5.91 Å². The summed E-state index contributed by atoms with van der Waals surface area (Å²) in [4.78, 5) is 25.0. The third-order valence-corrected chi connectivity index (χ3v) is 13.8. The van der Waals surface area contributed by atoms with Gasteiger partial charge in [0.15, 0.2) is 6.29 Å². The zero-order chi connectivity index (χ0) is 53.1. The van der Waals surface area contributed by atoms with Crippen molar-refractivity contribution in [1.29, 1.82) is 0 Å². The number of nitrogens with one attached hydrogen (secondary N) is 1. The van der Waals surface area contributed by atoms with Gasteiger partial charge in [-0.1, -0.05) is 222 Å². The largest absolute Gasteiger partial charge is 0.465 e. The van der Waals surface area contributed by atoms with Crippen LogP contribution in [0.2, 0.25) is 0 Å². The number of carbonyl (C=O) groups excluding carboxylic acids is 2. The van der Waals surface area contributed by atoms with Gasteiger partial charge in [-0.2, -0.15) is 0 Å². The number of esters is 1. The van der Waals surface area contributed by atoms with Crippen molar-refractivity contribution in [1.82, 2.24) is 5.32 Å². The van der Waals surface area contributed by atoms with E-state index in [4.69, 9.17) is 14.2 Å². The minimum absolute atomic E-state index is 0.0607. The molecule has 1 heterocycles. The second-order valence-corrected chi connectivity index (χ2v) is 20.7. The molecule has 73 heavy (non-hydrogen) atoms. The molecule has 1 amide bonds. The average Bonchev–Trinajstić information content (AvgIpc) is 3.39. The van der Waals surface area contributed by atoms with E-state index in [9.17, 15) is 35.1 Å². The molecule has 7 atom stereocenters. The van der Waals surface area contributed by atoms with Crippen molar-refractivity contribution >= 4 is 11.9 Å². The first-order valence-electron chi connectivity index (χ1n) is 30.1. The Morgan fingerprint density at radius 2 is 0.945 bits per heavy atom. The number of ether oxygens (including phenoxy) is 3. The minimum atomic E-state index is -1.58. The normalized spacial score (nSPS) is 19.4. The van der Waals surface area contributed by atoms with E-state index in [1.165, 1.54) is 154 Å². The van der Waals surface area contributed by atoms with Crippen LogP contribution >= 0.6 is 0 Å². The van der Waals surface area contributed by atoms with E-state index in [-0.39, 0.29) is 18.5 Å². The molecular weight excluding hydrogens is 919 g/mol. The summed E-state index contributed by atoms with van der Waals surface area (Å²) >= 11 is 0. The Kier molecular flexibility index (Phi) is 48.2. The van der Waals surface area contributed by atoms with Gasteiger partial charge in [-0.3, -0.25) is 9.59 Å². The van der Waals surface area contributed by atoms with Crippen molar-refractivity contribution < 1.29 is 49.3 Å². The summed E-state index contributed by atoms with van der Waals surface area (Å²) in [6, 6.07) is -0.832. The molecule has 0 aromatic carbocycles. The Balaban J connectivity index is 2.11. The average molecular weight is 1030 g/mol. The first kappa shape index (κ1) is 68.4. The molecule has 0 aromatic heterocycles. The van der Waals surface area contributed by atoms with Gasteiger partial charge in [-0.25, -0.2) is 0 Å². The molecule has 11 nitrogen and oxygen atoms in total. The number of aliphatic hydroxyl groups is 5. The highest BCUT2D eigenvalue weighted by molar-refractivity contribution is 5.76. The lowest BCUT2D eigenvalue weighted by Crippen LogP contribution is -2.60. The van der Waals surface area contributed by atoms with Crippen molar-refractivity contribution in [3.8, 4) is 0 Å². The third kappa shape index (κ3) is 41.2. The van der Waals surface area contributed by atoms with Crippen molar-refractivity contribution in [2.75, 3.05) is 19.8 Å². The summed E-state index contributed by atoms with van der Waals surface area (Å²) in [6.07, 6.45) is 56.1. The number of carbonyl (C=O) groups is 2. The van der Waals surface area contributed by atoms with Gasteiger partial charge < -0.3 is 45.1 Å². The van der Waals surface area contributed by atoms with Crippen LogP contribution in [0, 0.1) is 0 Å². The van der Waals surface area contributed by atoms with E-state index in [0.717, 1.165) is 77.0 Å². The lowest BCUT2D eigenvalue weighted by Gasteiger charge is -2.40. The molecule has 11 heteroatoms. The fourth-order valence-corrected chi connectivity index (χ4v) is 9.03. The SMILES string of the molecule is CCCC/C=C\CCCCCCCC(=O)OCC/C=C\C/C=C\CCCCCCCCCCCCCCCCC(=O)NC(COC1OC(CO)C(O)C(O)C1O)C(O)/C=C/CC/C=C/CCCCCCCCC. The summed E-state index contributed by atoms with van der Waals surface area (Å²) in [5.41, 5.74) is 0. The smallest absolute Gasteiger partial charge is 0.305 e. The van der Waals surface area contributed by atoms with Crippen LogP contribution in [0.1, 0.15) is 258 Å². The molecule has 1 rings (SSSR count). The van der Waals surface area contributed by atoms with Gasteiger partial charge >= 0.3 is 5.97 Å². The Hall–Kier alpha value is -2.64. The first-order chi connectivity index (χ1) is 35.7. The van der Waals surface area contributed by atoms with E-state index < -0.39 is 49.5 Å². The molecule has 0 aromatic rings. The maximum absolute atomic E-state index is 13.0. The van der Waals surface area contributed by atoms with E-state index in [2.05, 4.69) is 67.8 Å². The lowest BCUT2D eigenvalue weighted by molar-refractivity contribution is -0.302. The number of hydrogen-bond acceptors (Lipinski definition) is 10. The zero-order valence-electron chi connectivity index (χ0n) is 46.6. The molecular formula is C62H111NO10. The molecule has 0 bridgehead atoms. The van der Waals surface area contributed by atoms with Crippen molar-refractivity contribution in [3.05, 3.63) is 60.8 Å². The van der Waals surface area contributed by atoms with Crippen LogP contribution in [0.25, 0.3) is 0 Å². The van der Waals surface area contributed by atoms with Gasteiger partial charge in [-0.15, -0.1) is 0 Å². The Morgan fingerprint density at radius 1 is 0.507 bits per heavy atom. The standard InChI is InChI=1S/C62H111NO10/c1-3-5-7-9-11-13-15-25-29-32-36-40-44-48-55(65)54(53-72-62-61(70)60(69)59(68)56(52-64)73-62)63-57(66)49-45-41-37-33-30-26-23-21-19-17-16-18-20-22-24-27-31-35-39-43-47-51-71-58(67)50-46-42-38-34-28-14-12-10-8-6-4-2/h10,12,27,29,31-32,39,43-44,48,54-56,59-62,64-65,68-70H,3-9,11,13-26,28,30,33-38,40-42,45-47,49-53H2,1-2H3,(H,63,66)/b12-10-,31-27-,32-29+,43-39-,48-44+. The van der Waals surface area contributed by atoms with Gasteiger partial charge in [0, 0.05) is 12.8 Å². The highest BCUT2D eigenvalue weighted by atomic mass is 16.7. The molecule has 0 aliphatic carbocycles. The maximum Gasteiger partial charge on any atom is 0.305 e. The lowest BCUT2D eigenvalue weighted by atomic mass is 9.99. The number of aliphatic hydroxyl groups excluding tert-OH is 5. The quantitative estimate of drug-likeness (QED) is 0.0195. The predicted octanol–water partition coefficient (Wildman–Crippen LogP) is 13.8. The summed E-state index contributed by atoms with van der Waals surface area (Å²) in [7, 11) is 0. The summed E-state index contributed by atoms with van der Waals surface area (Å²) in [5.74, 6) is -0.259. The van der Waals surface area contributed by atoms with Gasteiger partial charge in [0.25, 0.3) is 0 Å². The maximum atomic E-state index is 13.0. The molecule has 6 N–H and O–H groups in total. The molecule has 0 spiro atoms. The summed E-state index contributed by atoms with van der Waals surface area (Å²) in [5, 5.41) is 54.3. The zero-order valence-corrected chi connectivity index (χ0v) is 46.6. The molecule has 1 fully saturated rings. The second-order valence-electron chi connectivity index (χ2n) is 20.7. The molecule has 424 valence electrons. The highest BCUT2D eigenvalue weighted by Gasteiger charge is 2.44. The van der Waals surface area contributed by atoms with E-state index in [1.54, 1.807) is 6.08 Å². The summed E-state index contributed by atoms with van der Waals surface area (Å²) in [6.45, 7) is 4.16. The minimum Gasteiger partial charge on any atom is -0.465 e. The molecule has 0 saturated carbocycles. The Bertz CT molecular complexity index is 1400. The molecule has 7 unspecified atom stereocenters. The molecule has 1 aliphatic rings. The number of rotatable bonds is 51. The fourth-order valence-electron chi connectivity index (χ4n) is 9.03. The number of allylic oxidation sites excluding steroid dienone is 8. The third-order valence-electron chi connectivity index (χ3n) is 13.8. The number of unbranched alkanes of at least 4 members (excludes halogenated alkanes) is 29. The van der Waals surface area contributed by atoms with Crippen LogP contribution in [-0.2, 0) is 23.8 Å². The highest BCUT2D eigenvalue weighted by Crippen LogP contribution is 2.23. The molecule has 0 radical (unpaired) electrons. The van der Waals surface area contributed by atoms with Crippen molar-refractivity contribution in [2.45, 2.75) is 301 Å². The summed E-state index contributed by atoms with van der Waals surface area (Å²) < 4.78 is 16.6. The number of amides is 1. The fraction of sp³-hybridized carbons (Fsp3) is 0.806. The van der Waals surface area contributed by atoms with Crippen LogP contribution in [0.5, 0.6) is 0 Å². The van der Waals surface area contributed by atoms with Crippen LogP contribution in [0.15, 0.2) is 60.8 Å². The second kappa shape index (κ2) is 51.5. The van der Waals surface area contributed by atoms with Gasteiger partial charge in [0.05, 0.1) is 32.0 Å². The van der Waals surface area contributed by atoms with Crippen LogP contribution < -0.4 is 5.32 Å². The van der Waals surface area contributed by atoms with E-state index >= 15 is 0 Å². The van der Waals surface area contributed by atoms with E-state index in [0.29, 0.717) is 19.4 Å². The molecule has 1 saturated heterocycles. The first-order valence-corrected chi connectivity index (χ1v) is 30.1. The number of hydrogen-bond donors (Lipinski definition) is 6. The Morgan fingerprint density at radius 3 is 1.48 bits per heavy atom. The van der Waals surface area contributed by atoms with Crippen molar-refractivity contribution in [3.63, 3.8) is 0 Å². The van der Waals surface area contributed by atoms with Gasteiger partial charge in [0.1, 0.15) is 24.4 Å².